The van der Waals surface area contributed by atoms with Crippen LogP contribution in [0.3, 0.4) is 0 Å². The van der Waals surface area contributed by atoms with Crippen LogP contribution in [0.1, 0.15) is 23.1 Å². The molecule has 126 valence electrons. The van der Waals surface area contributed by atoms with Gasteiger partial charge < -0.3 is 15.2 Å². The number of hydrogen-bond donors (Lipinski definition) is 2. The van der Waals surface area contributed by atoms with E-state index in [0.717, 1.165) is 18.7 Å². The molecule has 0 unspecified atom stereocenters. The largest absolute Gasteiger partial charge is 0.489 e. The van der Waals surface area contributed by atoms with Crippen molar-refractivity contribution in [3.05, 3.63) is 77.4 Å². The molecule has 0 heterocycles. The number of rotatable bonds is 7. The Bertz CT molecular complexity index is 661. The molecular formula is C21H25NO2. The zero-order valence-electron chi connectivity index (χ0n) is 14.1. The van der Waals surface area contributed by atoms with E-state index in [1.54, 1.807) is 0 Å². The van der Waals surface area contributed by atoms with Crippen molar-refractivity contribution in [3.8, 4) is 5.75 Å². The molecule has 0 aliphatic heterocycles. The quantitative estimate of drug-likeness (QED) is 0.765. The minimum atomic E-state index is 0.238. The van der Waals surface area contributed by atoms with E-state index in [4.69, 9.17) is 9.84 Å². The minimum absolute atomic E-state index is 0.238. The third-order valence-corrected chi connectivity index (χ3v) is 4.42. The predicted octanol–water partition coefficient (Wildman–Crippen LogP) is 3.60. The summed E-state index contributed by atoms with van der Waals surface area (Å²) in [5.74, 6) is 1.19. The Balaban J connectivity index is 1.45. The van der Waals surface area contributed by atoms with Gasteiger partial charge in [0, 0.05) is 25.1 Å². The lowest BCUT2D eigenvalue weighted by molar-refractivity contribution is 0.246. The standard InChI is InChI=1S/C21H25NO2/c1-16-2-4-18(5-3-16)15-24-21-10-7-17(8-11-21)13-22-20-9-6-19(12-20)14-23/h2-11,19-20,22-23H,12-15H2,1H3/t19-,20+/m0/s1. The molecule has 24 heavy (non-hydrogen) atoms. The maximum atomic E-state index is 9.15. The van der Waals surface area contributed by atoms with E-state index in [0.29, 0.717) is 18.6 Å². The van der Waals surface area contributed by atoms with E-state index in [2.05, 4.69) is 60.8 Å². The van der Waals surface area contributed by atoms with Crippen LogP contribution < -0.4 is 10.1 Å². The summed E-state index contributed by atoms with van der Waals surface area (Å²) in [4.78, 5) is 0. The summed E-state index contributed by atoms with van der Waals surface area (Å²) in [6.07, 6.45) is 5.23. The van der Waals surface area contributed by atoms with Gasteiger partial charge in [0.2, 0.25) is 0 Å². The Hall–Kier alpha value is -2.10. The van der Waals surface area contributed by atoms with Gasteiger partial charge in [0.25, 0.3) is 0 Å². The molecule has 3 heteroatoms. The molecule has 2 aromatic rings. The molecule has 1 aliphatic rings. The van der Waals surface area contributed by atoms with E-state index >= 15 is 0 Å². The summed E-state index contributed by atoms with van der Waals surface area (Å²) >= 11 is 0. The van der Waals surface area contributed by atoms with Crippen LogP contribution >= 0.6 is 0 Å². The van der Waals surface area contributed by atoms with Crippen LogP contribution in [-0.4, -0.2) is 17.8 Å². The highest BCUT2D eigenvalue weighted by atomic mass is 16.5. The van der Waals surface area contributed by atoms with Gasteiger partial charge in [-0.3, -0.25) is 0 Å². The number of benzene rings is 2. The van der Waals surface area contributed by atoms with Crippen LogP contribution in [0.2, 0.25) is 0 Å². The molecule has 0 saturated carbocycles. The van der Waals surface area contributed by atoms with Gasteiger partial charge >= 0.3 is 0 Å². The first-order valence-electron chi connectivity index (χ1n) is 8.53. The monoisotopic (exact) mass is 323 g/mol. The molecule has 2 N–H and O–H groups in total. The van der Waals surface area contributed by atoms with Gasteiger partial charge in [0.15, 0.2) is 0 Å². The lowest BCUT2D eigenvalue weighted by Gasteiger charge is -2.13. The number of ether oxygens (including phenoxy) is 1. The third kappa shape index (κ3) is 4.70. The molecule has 3 rings (SSSR count). The van der Waals surface area contributed by atoms with Crippen molar-refractivity contribution in [2.75, 3.05) is 6.61 Å². The molecule has 2 atom stereocenters. The molecular weight excluding hydrogens is 298 g/mol. The topological polar surface area (TPSA) is 41.5 Å². The summed E-state index contributed by atoms with van der Waals surface area (Å²) in [5, 5.41) is 12.7. The zero-order valence-corrected chi connectivity index (χ0v) is 14.1. The molecule has 0 fully saturated rings. The maximum absolute atomic E-state index is 9.15. The van der Waals surface area contributed by atoms with Crippen molar-refractivity contribution >= 4 is 0 Å². The highest BCUT2D eigenvalue weighted by Gasteiger charge is 2.17. The van der Waals surface area contributed by atoms with Crippen molar-refractivity contribution in [3.63, 3.8) is 0 Å². The van der Waals surface area contributed by atoms with Crippen LogP contribution in [0.4, 0.5) is 0 Å². The van der Waals surface area contributed by atoms with Crippen LogP contribution in [0, 0.1) is 12.8 Å². The average Bonchev–Trinajstić information content (AvgIpc) is 3.08. The van der Waals surface area contributed by atoms with Gasteiger partial charge in [-0.05, 0) is 36.6 Å². The molecule has 0 spiro atoms. The van der Waals surface area contributed by atoms with Crippen molar-refractivity contribution in [2.45, 2.75) is 32.5 Å². The zero-order chi connectivity index (χ0) is 16.8. The minimum Gasteiger partial charge on any atom is -0.489 e. The van der Waals surface area contributed by atoms with Crippen molar-refractivity contribution in [1.82, 2.24) is 5.32 Å². The van der Waals surface area contributed by atoms with Gasteiger partial charge in [-0.15, -0.1) is 0 Å². The van der Waals surface area contributed by atoms with Crippen LogP contribution in [0.5, 0.6) is 5.75 Å². The summed E-state index contributed by atoms with van der Waals surface area (Å²) < 4.78 is 5.83. The number of aryl methyl sites for hydroxylation is 1. The third-order valence-electron chi connectivity index (χ3n) is 4.42. The van der Waals surface area contributed by atoms with Crippen molar-refractivity contribution < 1.29 is 9.84 Å². The highest BCUT2D eigenvalue weighted by molar-refractivity contribution is 5.28. The second-order valence-electron chi connectivity index (χ2n) is 6.47. The number of nitrogens with one attached hydrogen (secondary N) is 1. The molecule has 0 amide bonds. The molecule has 3 nitrogen and oxygen atoms in total. The van der Waals surface area contributed by atoms with E-state index in [9.17, 15) is 0 Å². The second-order valence-corrected chi connectivity index (χ2v) is 6.47. The van der Waals surface area contributed by atoms with Gasteiger partial charge in [-0.1, -0.05) is 54.1 Å². The van der Waals surface area contributed by atoms with Crippen LogP contribution in [0.25, 0.3) is 0 Å². The Morgan fingerprint density at radius 2 is 1.71 bits per heavy atom. The Morgan fingerprint density at radius 3 is 2.38 bits per heavy atom. The lowest BCUT2D eigenvalue weighted by Crippen LogP contribution is -2.26. The summed E-state index contributed by atoms with van der Waals surface area (Å²) in [5.41, 5.74) is 3.68. The highest BCUT2D eigenvalue weighted by Crippen LogP contribution is 2.18. The molecule has 2 aromatic carbocycles. The van der Waals surface area contributed by atoms with Gasteiger partial charge in [-0.25, -0.2) is 0 Å². The molecule has 0 bridgehead atoms. The first-order valence-corrected chi connectivity index (χ1v) is 8.53. The Morgan fingerprint density at radius 1 is 1.00 bits per heavy atom. The predicted molar refractivity (Wildman–Crippen MR) is 96.9 cm³/mol. The van der Waals surface area contributed by atoms with Gasteiger partial charge in [-0.2, -0.15) is 0 Å². The number of aliphatic hydroxyl groups excluding tert-OH is 1. The van der Waals surface area contributed by atoms with E-state index < -0.39 is 0 Å². The summed E-state index contributed by atoms with van der Waals surface area (Å²) in [6, 6.07) is 17.0. The Labute approximate surface area is 144 Å². The molecule has 0 saturated heterocycles. The molecule has 0 radical (unpaired) electrons. The van der Waals surface area contributed by atoms with Gasteiger partial charge in [0.1, 0.15) is 12.4 Å². The van der Waals surface area contributed by atoms with E-state index in [1.165, 1.54) is 16.7 Å². The number of aliphatic hydroxyl groups is 1. The maximum Gasteiger partial charge on any atom is 0.119 e. The first kappa shape index (κ1) is 16.7. The van der Waals surface area contributed by atoms with E-state index in [1.807, 2.05) is 12.1 Å². The SMILES string of the molecule is Cc1ccc(COc2ccc(CN[C@@H]3C=C[C@H](CO)C3)cc2)cc1. The number of hydrogen-bond acceptors (Lipinski definition) is 3. The fourth-order valence-electron chi connectivity index (χ4n) is 2.86. The summed E-state index contributed by atoms with van der Waals surface area (Å²) in [7, 11) is 0. The van der Waals surface area contributed by atoms with Crippen LogP contribution in [-0.2, 0) is 13.2 Å². The van der Waals surface area contributed by atoms with Crippen molar-refractivity contribution in [2.24, 2.45) is 5.92 Å². The molecule has 0 aromatic heterocycles. The smallest absolute Gasteiger partial charge is 0.119 e. The fraction of sp³-hybridized carbons (Fsp3) is 0.333. The Kier molecular flexibility index (Phi) is 5.68. The first-order chi connectivity index (χ1) is 11.7. The van der Waals surface area contributed by atoms with Gasteiger partial charge in [0.05, 0.1) is 0 Å². The van der Waals surface area contributed by atoms with E-state index in [-0.39, 0.29) is 6.61 Å². The fourth-order valence-corrected chi connectivity index (χ4v) is 2.86. The van der Waals surface area contributed by atoms with Crippen LogP contribution in [0.15, 0.2) is 60.7 Å². The lowest BCUT2D eigenvalue weighted by atomic mass is 10.1. The van der Waals surface area contributed by atoms with Crippen molar-refractivity contribution in [1.29, 1.82) is 0 Å². The normalized spacial score (nSPS) is 19.6. The summed E-state index contributed by atoms with van der Waals surface area (Å²) in [6.45, 7) is 3.74. The molecule has 1 aliphatic carbocycles. The average molecular weight is 323 g/mol. The second kappa shape index (κ2) is 8.13.